The molecule has 112 valence electrons. The third kappa shape index (κ3) is 3.40. The Kier molecular flexibility index (Phi) is 4.92. The van der Waals surface area contributed by atoms with Gasteiger partial charge >= 0.3 is 0 Å². The summed E-state index contributed by atoms with van der Waals surface area (Å²) in [5, 5.41) is 9.08. The molecule has 1 aliphatic heterocycles. The minimum atomic E-state index is -0.295. The Morgan fingerprint density at radius 2 is 2.05 bits per heavy atom. The highest BCUT2D eigenvalue weighted by Crippen LogP contribution is 2.14. The maximum absolute atomic E-state index is 13.3. The molecule has 1 aliphatic rings. The van der Waals surface area contributed by atoms with Crippen molar-refractivity contribution in [2.45, 2.75) is 26.3 Å². The van der Waals surface area contributed by atoms with Crippen LogP contribution in [0.4, 0.5) is 4.39 Å². The summed E-state index contributed by atoms with van der Waals surface area (Å²) in [6, 6.07) is 6.67. The lowest BCUT2D eigenvalue weighted by Crippen LogP contribution is -2.51. The zero-order valence-electron chi connectivity index (χ0n) is 12.5. The number of piperazine rings is 1. The van der Waals surface area contributed by atoms with Gasteiger partial charge in [-0.2, -0.15) is 5.26 Å². The van der Waals surface area contributed by atoms with E-state index in [1.54, 1.807) is 17.9 Å². The number of hydrogen-bond donors (Lipinski definition) is 0. The fourth-order valence-electron chi connectivity index (χ4n) is 2.63. The van der Waals surface area contributed by atoms with Gasteiger partial charge in [-0.15, -0.1) is 0 Å². The molecule has 1 unspecified atom stereocenters. The van der Waals surface area contributed by atoms with Crippen molar-refractivity contribution in [3.05, 3.63) is 35.1 Å². The SMILES string of the molecule is CCC(C#N)N1CCN(C(=O)c2ccc(F)c(C)c2)CC1. The summed E-state index contributed by atoms with van der Waals surface area (Å²) in [4.78, 5) is 16.3. The zero-order valence-corrected chi connectivity index (χ0v) is 12.5. The van der Waals surface area contributed by atoms with Crippen LogP contribution in [0.5, 0.6) is 0 Å². The van der Waals surface area contributed by atoms with Crippen molar-refractivity contribution >= 4 is 5.91 Å². The Hall–Kier alpha value is -1.93. The monoisotopic (exact) mass is 289 g/mol. The number of hydrogen-bond acceptors (Lipinski definition) is 3. The second-order valence-electron chi connectivity index (χ2n) is 5.35. The highest BCUT2D eigenvalue weighted by atomic mass is 19.1. The van der Waals surface area contributed by atoms with Gasteiger partial charge in [0, 0.05) is 31.7 Å². The number of rotatable bonds is 3. The summed E-state index contributed by atoms with van der Waals surface area (Å²) in [5.74, 6) is -0.362. The normalized spacial score (nSPS) is 17.3. The first-order valence-electron chi connectivity index (χ1n) is 7.26. The van der Waals surface area contributed by atoms with Crippen LogP contribution in [0.1, 0.15) is 29.3 Å². The third-order valence-corrected chi connectivity index (χ3v) is 3.98. The molecule has 0 radical (unpaired) electrons. The summed E-state index contributed by atoms with van der Waals surface area (Å²) in [6.07, 6.45) is 0.793. The van der Waals surface area contributed by atoms with Gasteiger partial charge in [-0.1, -0.05) is 6.92 Å². The van der Waals surface area contributed by atoms with Crippen LogP contribution in [-0.2, 0) is 0 Å². The Bertz CT molecular complexity index is 559. The molecule has 1 amide bonds. The van der Waals surface area contributed by atoms with E-state index in [9.17, 15) is 9.18 Å². The molecule has 0 bridgehead atoms. The van der Waals surface area contributed by atoms with Gasteiger partial charge in [0.1, 0.15) is 5.82 Å². The molecule has 0 saturated carbocycles. The van der Waals surface area contributed by atoms with Crippen LogP contribution in [0.2, 0.25) is 0 Å². The lowest BCUT2D eigenvalue weighted by Gasteiger charge is -2.36. The molecule has 1 heterocycles. The smallest absolute Gasteiger partial charge is 0.253 e. The van der Waals surface area contributed by atoms with E-state index in [1.807, 2.05) is 6.92 Å². The second kappa shape index (κ2) is 6.68. The molecule has 0 N–H and O–H groups in total. The van der Waals surface area contributed by atoms with Crippen molar-refractivity contribution in [2.24, 2.45) is 0 Å². The van der Waals surface area contributed by atoms with E-state index in [4.69, 9.17) is 5.26 Å². The number of nitriles is 1. The number of halogens is 1. The highest BCUT2D eigenvalue weighted by molar-refractivity contribution is 5.94. The zero-order chi connectivity index (χ0) is 15.4. The molecule has 0 spiro atoms. The molecular weight excluding hydrogens is 269 g/mol. The van der Waals surface area contributed by atoms with Gasteiger partial charge in [-0.25, -0.2) is 4.39 Å². The molecule has 1 atom stereocenters. The van der Waals surface area contributed by atoms with Crippen LogP contribution in [0.25, 0.3) is 0 Å². The first-order valence-corrected chi connectivity index (χ1v) is 7.26. The van der Waals surface area contributed by atoms with Gasteiger partial charge in [0.2, 0.25) is 0 Å². The molecule has 1 fully saturated rings. The van der Waals surface area contributed by atoms with E-state index < -0.39 is 0 Å². The molecule has 1 saturated heterocycles. The molecular formula is C16H20FN3O. The average molecular weight is 289 g/mol. The van der Waals surface area contributed by atoms with Gasteiger partial charge < -0.3 is 4.90 Å². The lowest BCUT2D eigenvalue weighted by molar-refractivity contribution is 0.0604. The predicted molar refractivity (Wildman–Crippen MR) is 78.3 cm³/mol. The maximum Gasteiger partial charge on any atom is 0.253 e. The summed E-state index contributed by atoms with van der Waals surface area (Å²) in [5.41, 5.74) is 1.00. The van der Waals surface area contributed by atoms with Crippen molar-refractivity contribution in [3.8, 4) is 6.07 Å². The summed E-state index contributed by atoms with van der Waals surface area (Å²) in [7, 11) is 0. The van der Waals surface area contributed by atoms with E-state index in [0.717, 1.165) is 6.42 Å². The summed E-state index contributed by atoms with van der Waals surface area (Å²) >= 11 is 0. The summed E-state index contributed by atoms with van der Waals surface area (Å²) < 4.78 is 13.3. The van der Waals surface area contributed by atoms with Crippen LogP contribution >= 0.6 is 0 Å². The predicted octanol–water partition coefficient (Wildman–Crippen LogP) is 2.19. The maximum atomic E-state index is 13.3. The Morgan fingerprint density at radius 1 is 1.38 bits per heavy atom. The minimum Gasteiger partial charge on any atom is -0.336 e. The number of benzene rings is 1. The van der Waals surface area contributed by atoms with E-state index in [0.29, 0.717) is 37.3 Å². The molecule has 1 aromatic carbocycles. The van der Waals surface area contributed by atoms with E-state index in [2.05, 4.69) is 11.0 Å². The Balaban J connectivity index is 2.00. The van der Waals surface area contributed by atoms with E-state index in [1.165, 1.54) is 12.1 Å². The van der Waals surface area contributed by atoms with Crippen LogP contribution in [0, 0.1) is 24.1 Å². The quantitative estimate of drug-likeness (QED) is 0.857. The Morgan fingerprint density at radius 3 is 2.57 bits per heavy atom. The molecule has 4 nitrogen and oxygen atoms in total. The first-order chi connectivity index (χ1) is 10.1. The van der Waals surface area contributed by atoms with Crippen molar-refractivity contribution in [1.82, 2.24) is 9.80 Å². The van der Waals surface area contributed by atoms with Crippen LogP contribution in [0.3, 0.4) is 0 Å². The van der Waals surface area contributed by atoms with Gasteiger partial charge in [-0.05, 0) is 37.1 Å². The average Bonchev–Trinajstić information content (AvgIpc) is 2.51. The fourth-order valence-corrected chi connectivity index (χ4v) is 2.63. The van der Waals surface area contributed by atoms with Crippen molar-refractivity contribution in [1.29, 1.82) is 5.26 Å². The van der Waals surface area contributed by atoms with E-state index in [-0.39, 0.29) is 17.8 Å². The fraction of sp³-hybridized carbons (Fsp3) is 0.500. The van der Waals surface area contributed by atoms with Crippen molar-refractivity contribution in [3.63, 3.8) is 0 Å². The molecule has 21 heavy (non-hydrogen) atoms. The van der Waals surface area contributed by atoms with Crippen molar-refractivity contribution in [2.75, 3.05) is 26.2 Å². The number of aryl methyl sites for hydroxylation is 1. The van der Waals surface area contributed by atoms with Crippen LogP contribution in [-0.4, -0.2) is 47.9 Å². The van der Waals surface area contributed by atoms with Crippen LogP contribution < -0.4 is 0 Å². The third-order valence-electron chi connectivity index (χ3n) is 3.98. The Labute approximate surface area is 124 Å². The molecule has 1 aromatic rings. The van der Waals surface area contributed by atoms with E-state index >= 15 is 0 Å². The van der Waals surface area contributed by atoms with Gasteiger partial charge in [0.05, 0.1) is 12.1 Å². The number of nitrogens with zero attached hydrogens (tertiary/aromatic N) is 3. The van der Waals surface area contributed by atoms with Crippen LogP contribution in [0.15, 0.2) is 18.2 Å². The second-order valence-corrected chi connectivity index (χ2v) is 5.35. The number of amides is 1. The number of carbonyl (C=O) groups excluding carboxylic acids is 1. The standard InChI is InChI=1S/C16H20FN3O/c1-3-14(11-18)19-6-8-20(9-7-19)16(21)13-4-5-15(17)12(2)10-13/h4-5,10,14H,3,6-9H2,1-2H3. The number of carbonyl (C=O) groups is 1. The van der Waals surface area contributed by atoms with Gasteiger partial charge in [0.25, 0.3) is 5.91 Å². The topological polar surface area (TPSA) is 47.3 Å². The first kappa shape index (κ1) is 15.5. The summed E-state index contributed by atoms with van der Waals surface area (Å²) in [6.45, 7) is 6.27. The van der Waals surface area contributed by atoms with Gasteiger partial charge in [0.15, 0.2) is 0 Å². The lowest BCUT2D eigenvalue weighted by atomic mass is 10.1. The molecule has 2 rings (SSSR count). The molecule has 0 aromatic heterocycles. The minimum absolute atomic E-state index is 0.0669. The largest absolute Gasteiger partial charge is 0.336 e. The molecule has 5 heteroatoms. The van der Waals surface area contributed by atoms with Gasteiger partial charge in [-0.3, -0.25) is 9.69 Å². The van der Waals surface area contributed by atoms with Crippen molar-refractivity contribution < 1.29 is 9.18 Å². The highest BCUT2D eigenvalue weighted by Gasteiger charge is 2.25. The molecule has 0 aliphatic carbocycles.